The van der Waals surface area contributed by atoms with Crippen molar-refractivity contribution in [1.82, 2.24) is 14.7 Å². The van der Waals surface area contributed by atoms with E-state index in [0.717, 1.165) is 49.3 Å². The SMILES string of the molecule is COCCn1nc2c(c1C(=O)N1CCC(C)CC1)C[C@H](C)O[C@@H]2C. The molecule has 1 aromatic rings. The molecular formula is C18H29N3O3. The number of fused-ring (bicyclic) bond motifs is 1. The summed E-state index contributed by atoms with van der Waals surface area (Å²) in [4.78, 5) is 15.2. The van der Waals surface area contributed by atoms with Gasteiger partial charge in [-0.2, -0.15) is 5.10 Å². The van der Waals surface area contributed by atoms with E-state index in [1.165, 1.54) is 0 Å². The number of rotatable bonds is 4. The second-order valence-electron chi connectivity index (χ2n) is 7.20. The summed E-state index contributed by atoms with van der Waals surface area (Å²) in [5, 5.41) is 4.70. The van der Waals surface area contributed by atoms with Crippen LogP contribution in [-0.4, -0.2) is 53.5 Å². The van der Waals surface area contributed by atoms with Crippen molar-refractivity contribution in [2.75, 3.05) is 26.8 Å². The first-order valence-electron chi connectivity index (χ1n) is 9.04. The van der Waals surface area contributed by atoms with Crippen molar-refractivity contribution < 1.29 is 14.3 Å². The Morgan fingerprint density at radius 3 is 2.67 bits per heavy atom. The minimum absolute atomic E-state index is 0.0690. The van der Waals surface area contributed by atoms with E-state index in [2.05, 4.69) is 13.8 Å². The fourth-order valence-corrected chi connectivity index (χ4v) is 3.73. The Balaban J connectivity index is 1.93. The molecule has 0 unspecified atom stereocenters. The van der Waals surface area contributed by atoms with E-state index in [1.807, 2.05) is 16.5 Å². The molecule has 2 aliphatic rings. The van der Waals surface area contributed by atoms with Crippen LogP contribution in [0.5, 0.6) is 0 Å². The van der Waals surface area contributed by atoms with Crippen LogP contribution in [0.2, 0.25) is 0 Å². The molecule has 24 heavy (non-hydrogen) atoms. The molecule has 0 aromatic carbocycles. The second kappa shape index (κ2) is 7.23. The average molecular weight is 335 g/mol. The lowest BCUT2D eigenvalue weighted by atomic mass is 9.97. The molecule has 0 bridgehead atoms. The molecule has 2 aliphatic heterocycles. The maximum atomic E-state index is 13.2. The molecule has 1 aromatic heterocycles. The van der Waals surface area contributed by atoms with Crippen LogP contribution in [0.1, 0.15) is 61.5 Å². The zero-order valence-electron chi connectivity index (χ0n) is 15.2. The Kier molecular flexibility index (Phi) is 5.25. The van der Waals surface area contributed by atoms with E-state index in [-0.39, 0.29) is 18.1 Å². The number of ether oxygens (including phenoxy) is 2. The summed E-state index contributed by atoms with van der Waals surface area (Å²) >= 11 is 0. The molecule has 3 heterocycles. The highest BCUT2D eigenvalue weighted by Gasteiger charge is 2.34. The van der Waals surface area contributed by atoms with Gasteiger partial charge in [0.05, 0.1) is 31.1 Å². The summed E-state index contributed by atoms with van der Waals surface area (Å²) < 4.78 is 12.9. The van der Waals surface area contributed by atoms with Crippen LogP contribution < -0.4 is 0 Å². The number of methoxy groups -OCH3 is 1. The van der Waals surface area contributed by atoms with Crippen LogP contribution >= 0.6 is 0 Å². The van der Waals surface area contributed by atoms with E-state index in [9.17, 15) is 4.79 Å². The number of aromatic nitrogens is 2. The molecule has 6 heteroatoms. The standard InChI is InChI=1S/C18H29N3O3/c1-12-5-7-20(8-6-12)18(22)17-15-11-13(2)24-14(3)16(15)19-21(17)9-10-23-4/h12-14H,5-11H2,1-4H3/t13-,14+/m0/s1. The van der Waals surface area contributed by atoms with E-state index in [4.69, 9.17) is 14.6 Å². The third-order valence-corrected chi connectivity index (χ3v) is 5.18. The molecule has 1 saturated heterocycles. The minimum atomic E-state index is -0.0690. The maximum absolute atomic E-state index is 13.2. The van der Waals surface area contributed by atoms with Crippen LogP contribution in [-0.2, 0) is 22.4 Å². The fraction of sp³-hybridized carbons (Fsp3) is 0.778. The second-order valence-corrected chi connectivity index (χ2v) is 7.20. The summed E-state index contributed by atoms with van der Waals surface area (Å²) in [6.07, 6.45) is 2.95. The number of carbonyl (C=O) groups is 1. The van der Waals surface area contributed by atoms with Gasteiger partial charge in [0.2, 0.25) is 0 Å². The summed E-state index contributed by atoms with van der Waals surface area (Å²) in [7, 11) is 1.67. The van der Waals surface area contributed by atoms with Crippen molar-refractivity contribution in [2.45, 2.75) is 58.8 Å². The highest BCUT2D eigenvalue weighted by molar-refractivity contribution is 5.94. The van der Waals surface area contributed by atoms with Crippen molar-refractivity contribution in [3.05, 3.63) is 17.0 Å². The van der Waals surface area contributed by atoms with Crippen LogP contribution in [0.4, 0.5) is 0 Å². The van der Waals surface area contributed by atoms with E-state index in [1.54, 1.807) is 7.11 Å². The molecule has 1 amide bonds. The average Bonchev–Trinajstić information content (AvgIpc) is 2.91. The number of piperidine rings is 1. The number of nitrogens with zero attached hydrogens (tertiary/aromatic N) is 3. The van der Waals surface area contributed by atoms with Gasteiger partial charge in [0.25, 0.3) is 5.91 Å². The number of carbonyl (C=O) groups excluding carboxylic acids is 1. The van der Waals surface area contributed by atoms with Gasteiger partial charge in [-0.05, 0) is 32.6 Å². The van der Waals surface area contributed by atoms with Gasteiger partial charge in [0, 0.05) is 32.2 Å². The van der Waals surface area contributed by atoms with Crippen molar-refractivity contribution in [3.63, 3.8) is 0 Å². The van der Waals surface area contributed by atoms with Gasteiger partial charge in [0.15, 0.2) is 0 Å². The van der Waals surface area contributed by atoms with Gasteiger partial charge in [-0.3, -0.25) is 9.48 Å². The van der Waals surface area contributed by atoms with Crippen molar-refractivity contribution in [3.8, 4) is 0 Å². The first-order valence-corrected chi connectivity index (χ1v) is 9.04. The number of likely N-dealkylation sites (tertiary alicyclic amines) is 1. The van der Waals surface area contributed by atoms with Gasteiger partial charge in [-0.1, -0.05) is 6.92 Å². The lowest BCUT2D eigenvalue weighted by molar-refractivity contribution is -0.00721. The summed E-state index contributed by atoms with van der Waals surface area (Å²) in [6, 6.07) is 0. The van der Waals surface area contributed by atoms with E-state index < -0.39 is 0 Å². The predicted octanol–water partition coefficient (Wildman–Crippen LogP) is 2.42. The molecule has 0 N–H and O–H groups in total. The molecule has 0 saturated carbocycles. The summed E-state index contributed by atoms with van der Waals surface area (Å²) in [5.74, 6) is 0.822. The van der Waals surface area contributed by atoms with Crippen molar-refractivity contribution in [2.24, 2.45) is 5.92 Å². The lowest BCUT2D eigenvalue weighted by Crippen LogP contribution is -2.39. The Labute approximate surface area is 144 Å². The van der Waals surface area contributed by atoms with Crippen LogP contribution in [0.3, 0.4) is 0 Å². The van der Waals surface area contributed by atoms with Gasteiger partial charge in [-0.25, -0.2) is 0 Å². The first kappa shape index (κ1) is 17.4. The molecule has 3 rings (SSSR count). The van der Waals surface area contributed by atoms with Crippen molar-refractivity contribution in [1.29, 1.82) is 0 Å². The largest absolute Gasteiger partial charge is 0.383 e. The Morgan fingerprint density at radius 2 is 2.00 bits per heavy atom. The van der Waals surface area contributed by atoms with Gasteiger partial charge in [0.1, 0.15) is 5.69 Å². The molecular weight excluding hydrogens is 306 g/mol. The van der Waals surface area contributed by atoms with Gasteiger partial charge in [-0.15, -0.1) is 0 Å². The molecule has 0 aliphatic carbocycles. The van der Waals surface area contributed by atoms with E-state index >= 15 is 0 Å². The Morgan fingerprint density at radius 1 is 1.29 bits per heavy atom. The van der Waals surface area contributed by atoms with Gasteiger partial charge >= 0.3 is 0 Å². The summed E-state index contributed by atoms with van der Waals surface area (Å²) in [5.41, 5.74) is 2.73. The summed E-state index contributed by atoms with van der Waals surface area (Å²) in [6.45, 7) is 9.14. The number of amides is 1. The maximum Gasteiger partial charge on any atom is 0.272 e. The topological polar surface area (TPSA) is 56.6 Å². The Hall–Kier alpha value is -1.40. The quantitative estimate of drug-likeness (QED) is 0.848. The normalized spacial score (nSPS) is 24.9. The molecule has 134 valence electrons. The zero-order chi connectivity index (χ0) is 17.3. The molecule has 1 fully saturated rings. The molecule has 2 atom stereocenters. The van der Waals surface area contributed by atoms with Crippen LogP contribution in [0.25, 0.3) is 0 Å². The third kappa shape index (κ3) is 3.35. The van der Waals surface area contributed by atoms with E-state index in [0.29, 0.717) is 19.1 Å². The lowest BCUT2D eigenvalue weighted by Gasteiger charge is -2.31. The van der Waals surface area contributed by atoms with Crippen molar-refractivity contribution >= 4 is 5.91 Å². The minimum Gasteiger partial charge on any atom is -0.383 e. The fourth-order valence-electron chi connectivity index (χ4n) is 3.73. The van der Waals surface area contributed by atoms with Crippen LogP contribution in [0, 0.1) is 5.92 Å². The van der Waals surface area contributed by atoms with Crippen LogP contribution in [0.15, 0.2) is 0 Å². The molecule has 0 radical (unpaired) electrons. The third-order valence-electron chi connectivity index (χ3n) is 5.18. The molecule has 6 nitrogen and oxygen atoms in total. The number of hydrogen-bond donors (Lipinski definition) is 0. The number of hydrogen-bond acceptors (Lipinski definition) is 4. The highest BCUT2D eigenvalue weighted by Crippen LogP contribution is 2.32. The van der Waals surface area contributed by atoms with Gasteiger partial charge < -0.3 is 14.4 Å². The smallest absolute Gasteiger partial charge is 0.272 e. The first-order chi connectivity index (χ1) is 11.5. The molecule has 0 spiro atoms. The highest BCUT2D eigenvalue weighted by atomic mass is 16.5. The Bertz CT molecular complexity index is 591. The zero-order valence-corrected chi connectivity index (χ0v) is 15.2. The monoisotopic (exact) mass is 335 g/mol. The predicted molar refractivity (Wildman–Crippen MR) is 91.1 cm³/mol.